The predicted molar refractivity (Wildman–Crippen MR) is 65.4 cm³/mol. The second-order valence-electron chi connectivity index (χ2n) is 4.50. The monoisotopic (exact) mass is 217 g/mol. The van der Waals surface area contributed by atoms with Crippen LogP contribution in [0.15, 0.2) is 30.3 Å². The van der Waals surface area contributed by atoms with E-state index in [0.717, 1.165) is 12.1 Å². The van der Waals surface area contributed by atoms with Crippen molar-refractivity contribution < 1.29 is 4.79 Å². The molecule has 0 unspecified atom stereocenters. The van der Waals surface area contributed by atoms with Crippen molar-refractivity contribution in [1.29, 1.82) is 0 Å². The number of Topliss-reactive ketones (excluding diaryl/α,β-unsaturated/α-hetero) is 1. The first-order chi connectivity index (χ1) is 7.84. The van der Waals surface area contributed by atoms with E-state index in [0.29, 0.717) is 18.6 Å². The molecule has 2 nitrogen and oxygen atoms in total. The molecule has 0 radical (unpaired) electrons. The number of carbonyl (C=O) groups excluding carboxylic acids is 1. The minimum Gasteiger partial charge on any atom is -0.303 e. The van der Waals surface area contributed by atoms with Crippen molar-refractivity contribution in [1.82, 2.24) is 4.90 Å². The van der Waals surface area contributed by atoms with Crippen LogP contribution in [-0.2, 0) is 11.2 Å². The number of carbonyl (C=O) groups is 1. The lowest BCUT2D eigenvalue weighted by atomic mass is 10.1. The first-order valence-corrected chi connectivity index (χ1v) is 6.12. The summed E-state index contributed by atoms with van der Waals surface area (Å²) in [5.41, 5.74) is 1.13. The molecular formula is C14H19NO. The maximum Gasteiger partial charge on any atom is 0.138 e. The number of hydrogen-bond donors (Lipinski definition) is 0. The number of nitrogens with zero attached hydrogens (tertiary/aromatic N) is 1. The zero-order valence-corrected chi connectivity index (χ0v) is 9.69. The Morgan fingerprint density at radius 1 is 1.12 bits per heavy atom. The molecule has 1 saturated heterocycles. The number of benzene rings is 1. The van der Waals surface area contributed by atoms with Crippen molar-refractivity contribution in [3.63, 3.8) is 0 Å². The summed E-state index contributed by atoms with van der Waals surface area (Å²) in [5.74, 6) is 0.359. The fraction of sp³-hybridized carbons (Fsp3) is 0.500. The van der Waals surface area contributed by atoms with E-state index in [4.69, 9.17) is 0 Å². The van der Waals surface area contributed by atoms with E-state index in [9.17, 15) is 4.79 Å². The van der Waals surface area contributed by atoms with Gasteiger partial charge < -0.3 is 4.90 Å². The van der Waals surface area contributed by atoms with Crippen LogP contribution in [0.25, 0.3) is 0 Å². The third-order valence-electron chi connectivity index (χ3n) is 3.15. The molecule has 0 amide bonds. The van der Waals surface area contributed by atoms with Gasteiger partial charge in [0, 0.05) is 19.4 Å². The van der Waals surface area contributed by atoms with E-state index in [1.165, 1.54) is 25.9 Å². The average molecular weight is 217 g/mol. The van der Waals surface area contributed by atoms with Gasteiger partial charge in [-0.25, -0.2) is 0 Å². The molecule has 0 N–H and O–H groups in total. The van der Waals surface area contributed by atoms with E-state index in [-0.39, 0.29) is 0 Å². The fourth-order valence-corrected chi connectivity index (χ4v) is 2.20. The Balaban J connectivity index is 1.72. The molecule has 1 heterocycles. The van der Waals surface area contributed by atoms with Crippen molar-refractivity contribution >= 4 is 5.78 Å². The largest absolute Gasteiger partial charge is 0.303 e. The van der Waals surface area contributed by atoms with Crippen LogP contribution >= 0.6 is 0 Å². The summed E-state index contributed by atoms with van der Waals surface area (Å²) in [6.45, 7) is 3.31. The molecule has 0 spiro atoms. The topological polar surface area (TPSA) is 20.3 Å². The average Bonchev–Trinajstić information content (AvgIpc) is 2.81. The minimum atomic E-state index is 0.359. The molecule has 86 valence electrons. The van der Waals surface area contributed by atoms with Gasteiger partial charge in [0.1, 0.15) is 5.78 Å². The summed E-state index contributed by atoms with van der Waals surface area (Å²) in [7, 11) is 0. The molecule has 1 aromatic carbocycles. The summed E-state index contributed by atoms with van der Waals surface area (Å²) in [4.78, 5) is 14.1. The van der Waals surface area contributed by atoms with Crippen LogP contribution in [0.2, 0.25) is 0 Å². The highest BCUT2D eigenvalue weighted by molar-refractivity contribution is 5.80. The van der Waals surface area contributed by atoms with E-state index in [1.54, 1.807) is 0 Å². The Kier molecular flexibility index (Phi) is 4.11. The molecule has 1 aliphatic rings. The van der Waals surface area contributed by atoms with Gasteiger partial charge in [-0.2, -0.15) is 0 Å². The van der Waals surface area contributed by atoms with Gasteiger partial charge in [-0.05, 0) is 31.5 Å². The molecule has 2 heteroatoms. The van der Waals surface area contributed by atoms with E-state index >= 15 is 0 Å². The number of ketones is 1. The van der Waals surface area contributed by atoms with Gasteiger partial charge >= 0.3 is 0 Å². The summed E-state index contributed by atoms with van der Waals surface area (Å²) in [5, 5.41) is 0. The van der Waals surface area contributed by atoms with Gasteiger partial charge in [0.25, 0.3) is 0 Å². The zero-order chi connectivity index (χ0) is 11.2. The van der Waals surface area contributed by atoms with Crippen molar-refractivity contribution in [2.45, 2.75) is 25.7 Å². The Morgan fingerprint density at radius 2 is 1.81 bits per heavy atom. The van der Waals surface area contributed by atoms with Crippen LogP contribution < -0.4 is 0 Å². The molecule has 0 bridgehead atoms. The number of likely N-dealkylation sites (tertiary alicyclic amines) is 1. The Morgan fingerprint density at radius 3 is 2.50 bits per heavy atom. The third kappa shape index (κ3) is 3.46. The third-order valence-corrected chi connectivity index (χ3v) is 3.15. The summed E-state index contributed by atoms with van der Waals surface area (Å²) < 4.78 is 0. The lowest BCUT2D eigenvalue weighted by Crippen LogP contribution is -2.23. The van der Waals surface area contributed by atoms with Crippen LogP contribution in [0.5, 0.6) is 0 Å². The Bertz CT molecular complexity index is 328. The van der Waals surface area contributed by atoms with Gasteiger partial charge in [0.15, 0.2) is 0 Å². The number of hydrogen-bond acceptors (Lipinski definition) is 2. The van der Waals surface area contributed by atoms with Crippen molar-refractivity contribution in [2.75, 3.05) is 19.6 Å². The maximum atomic E-state index is 11.7. The van der Waals surface area contributed by atoms with Crippen LogP contribution in [0.1, 0.15) is 24.8 Å². The molecule has 0 atom stereocenters. The Labute approximate surface area is 97.3 Å². The highest BCUT2D eigenvalue weighted by Gasteiger charge is 2.12. The van der Waals surface area contributed by atoms with Crippen LogP contribution in [0.4, 0.5) is 0 Å². The molecule has 0 saturated carbocycles. The summed E-state index contributed by atoms with van der Waals surface area (Å²) in [6, 6.07) is 10.0. The van der Waals surface area contributed by atoms with Crippen molar-refractivity contribution in [2.24, 2.45) is 0 Å². The van der Waals surface area contributed by atoms with Crippen molar-refractivity contribution in [3.8, 4) is 0 Å². The van der Waals surface area contributed by atoms with Gasteiger partial charge in [-0.3, -0.25) is 4.79 Å². The Hall–Kier alpha value is -1.15. The molecule has 0 aromatic heterocycles. The smallest absolute Gasteiger partial charge is 0.138 e. The minimum absolute atomic E-state index is 0.359. The normalized spacial score (nSPS) is 16.5. The lowest BCUT2D eigenvalue weighted by Gasteiger charge is -2.13. The van der Waals surface area contributed by atoms with Crippen LogP contribution in [0, 0.1) is 0 Å². The van der Waals surface area contributed by atoms with E-state index in [1.807, 2.05) is 30.3 Å². The second-order valence-corrected chi connectivity index (χ2v) is 4.50. The summed E-state index contributed by atoms with van der Waals surface area (Å²) >= 11 is 0. The first kappa shape index (κ1) is 11.3. The standard InChI is InChI=1S/C14H19NO/c16-14(8-11-15-9-4-5-10-15)12-13-6-2-1-3-7-13/h1-3,6-7H,4-5,8-12H2. The molecular weight excluding hydrogens is 198 g/mol. The summed E-state index contributed by atoms with van der Waals surface area (Å²) in [6.07, 6.45) is 3.89. The predicted octanol–water partition coefficient (Wildman–Crippen LogP) is 2.28. The van der Waals surface area contributed by atoms with Gasteiger partial charge in [-0.15, -0.1) is 0 Å². The highest BCUT2D eigenvalue weighted by Crippen LogP contribution is 2.08. The van der Waals surface area contributed by atoms with Gasteiger partial charge in [0.2, 0.25) is 0 Å². The molecule has 16 heavy (non-hydrogen) atoms. The molecule has 1 aromatic rings. The molecule has 1 fully saturated rings. The van der Waals surface area contributed by atoms with Gasteiger partial charge in [-0.1, -0.05) is 30.3 Å². The maximum absolute atomic E-state index is 11.7. The number of rotatable bonds is 5. The quantitative estimate of drug-likeness (QED) is 0.754. The fourth-order valence-electron chi connectivity index (χ4n) is 2.20. The van der Waals surface area contributed by atoms with Gasteiger partial charge in [0.05, 0.1) is 0 Å². The van der Waals surface area contributed by atoms with Crippen LogP contribution in [-0.4, -0.2) is 30.3 Å². The molecule has 2 rings (SSSR count). The van der Waals surface area contributed by atoms with Crippen LogP contribution in [0.3, 0.4) is 0 Å². The first-order valence-electron chi connectivity index (χ1n) is 6.12. The lowest BCUT2D eigenvalue weighted by molar-refractivity contribution is -0.118. The van der Waals surface area contributed by atoms with Crippen molar-refractivity contribution in [3.05, 3.63) is 35.9 Å². The van der Waals surface area contributed by atoms with E-state index < -0.39 is 0 Å². The molecule has 1 aliphatic heterocycles. The zero-order valence-electron chi connectivity index (χ0n) is 9.69. The second kappa shape index (κ2) is 5.80. The molecule has 0 aliphatic carbocycles. The van der Waals surface area contributed by atoms with E-state index in [2.05, 4.69) is 4.90 Å². The highest BCUT2D eigenvalue weighted by atomic mass is 16.1. The SMILES string of the molecule is O=C(CCN1CCCC1)Cc1ccccc1.